The first-order chi connectivity index (χ1) is 51.0. The first kappa shape index (κ1) is 99.9. The molecule has 9 nitrogen and oxygen atoms in total. The number of quaternary nitrogens is 1. The molecular weight excluding hydrogens is 1300 g/mol. The summed E-state index contributed by atoms with van der Waals surface area (Å²) in [7, 11) is 1.16. The van der Waals surface area contributed by atoms with Gasteiger partial charge in [-0.1, -0.05) is 397 Å². The maximum atomic E-state index is 12.9. The lowest BCUT2D eigenvalue weighted by atomic mass is 10.0. The summed E-state index contributed by atoms with van der Waals surface area (Å²) in [4.78, 5) is 38.2. The molecule has 0 bridgehead atoms. The third kappa shape index (κ3) is 86.8. The second-order valence-corrected chi connectivity index (χ2v) is 31.6. The summed E-state index contributed by atoms with van der Waals surface area (Å²) in [6.45, 7) is 4.15. The molecule has 0 radical (unpaired) electrons. The quantitative estimate of drug-likeness (QED) is 0.0195. The first-order valence-electron chi connectivity index (χ1n) is 43.5. The number of esters is 2. The van der Waals surface area contributed by atoms with Gasteiger partial charge < -0.3 is 27.9 Å². The van der Waals surface area contributed by atoms with Gasteiger partial charge in [-0.25, -0.2) is 0 Å². The first-order valence-corrected chi connectivity index (χ1v) is 45.0. The van der Waals surface area contributed by atoms with Crippen molar-refractivity contribution in [1.29, 1.82) is 0 Å². The van der Waals surface area contributed by atoms with Gasteiger partial charge in [0, 0.05) is 12.8 Å². The Kier molecular flexibility index (Phi) is 79.7. The Morgan fingerprint density at radius 3 is 0.827 bits per heavy atom. The van der Waals surface area contributed by atoms with Crippen LogP contribution in [-0.4, -0.2) is 70.0 Å². The summed E-state index contributed by atoms with van der Waals surface area (Å²) in [6.07, 6.45) is 123. The fraction of sp³-hybridized carbons (Fsp3) is 0.723. The molecule has 0 aromatic rings. The molecule has 0 saturated carbocycles. The molecule has 0 spiro atoms. The number of carbonyl (C=O) groups excluding carboxylic acids is 2. The van der Waals surface area contributed by atoms with E-state index in [4.69, 9.17) is 18.5 Å². The van der Waals surface area contributed by atoms with Crippen LogP contribution in [0.3, 0.4) is 0 Å². The zero-order chi connectivity index (χ0) is 75.4. The second kappa shape index (κ2) is 82.9. The molecule has 0 saturated heterocycles. The van der Waals surface area contributed by atoms with Gasteiger partial charge in [-0.2, -0.15) is 0 Å². The van der Waals surface area contributed by atoms with E-state index in [1.807, 2.05) is 21.1 Å². The van der Waals surface area contributed by atoms with E-state index in [0.717, 1.165) is 122 Å². The van der Waals surface area contributed by atoms with Crippen molar-refractivity contribution < 1.29 is 42.1 Å². The summed E-state index contributed by atoms with van der Waals surface area (Å²) in [5.74, 6) is -0.839. The van der Waals surface area contributed by atoms with Crippen molar-refractivity contribution in [3.05, 3.63) is 146 Å². The van der Waals surface area contributed by atoms with Gasteiger partial charge in [-0.3, -0.25) is 14.2 Å². The molecule has 0 N–H and O–H groups in total. The molecule has 0 rings (SSSR count). The highest BCUT2D eigenvalue weighted by Gasteiger charge is 2.22. The third-order valence-corrected chi connectivity index (χ3v) is 19.8. The van der Waals surface area contributed by atoms with Crippen LogP contribution in [0, 0.1) is 0 Å². The van der Waals surface area contributed by atoms with Crippen molar-refractivity contribution in [1.82, 2.24) is 0 Å². The number of hydrogen-bond acceptors (Lipinski definition) is 8. The Morgan fingerprint density at radius 2 is 0.548 bits per heavy atom. The van der Waals surface area contributed by atoms with E-state index in [9.17, 15) is 19.0 Å². The maximum absolute atomic E-state index is 12.9. The molecule has 10 heteroatoms. The Morgan fingerprint density at radius 1 is 0.308 bits per heavy atom. The summed E-state index contributed by atoms with van der Waals surface area (Å²) in [5.41, 5.74) is 0. The van der Waals surface area contributed by atoms with Gasteiger partial charge in [-0.05, 0) is 122 Å². The minimum Gasteiger partial charge on any atom is -0.756 e. The monoisotopic (exact) mass is 1470 g/mol. The molecule has 104 heavy (non-hydrogen) atoms. The number of phosphoric ester groups is 1. The van der Waals surface area contributed by atoms with Gasteiger partial charge in [-0.15, -0.1) is 0 Å². The zero-order valence-corrected chi connectivity index (χ0v) is 69.3. The standard InChI is InChI=1S/C94H164NO8P/c1-6-8-10-12-14-16-18-20-22-24-26-28-30-32-34-36-38-40-42-44-46-47-49-51-53-55-57-59-61-63-65-67-69-71-73-75-77-79-81-83-85-87-94(97)103-92(91-102-104(98,99)101-89-88-95(3,4)5)90-100-93(96)86-84-82-80-78-76-74-72-70-68-66-64-62-60-58-56-54-52-50-48-45-43-41-39-37-35-33-31-29-27-25-23-21-19-17-15-13-11-9-7-2/h8,10,14,16,20,22,25-28,32,34,38,40,44,46,49,51,55,57,61,63,67,69,92H,6-7,9,11-13,15,17-19,21,23-24,29-31,33,35-37,39,41-43,45,47-48,50,52-54,56,58-60,62,64-66,68,70-91H2,1-5H3/b10-8-,16-14-,22-20-,27-25-,28-26-,34-32-,40-38-,46-44-,51-49-,57-55-,63-61-,69-67-. The SMILES string of the molecule is CC/C=C\C/C=C\C/C=C\C/C=C\C/C=C\C/C=C\C/C=C\C/C=C\C/C=C\C/C=C\C/C=C\CCCCCCCCCC(=O)OC(COC(=O)CCCCCCCCCCCCCCCCCCCCCCCCCCCCC/C=C\CCCCCCCCCC)COP(=O)([O-])OCC[N+](C)(C)C. The van der Waals surface area contributed by atoms with Gasteiger partial charge in [0.2, 0.25) is 0 Å². The third-order valence-electron chi connectivity index (χ3n) is 18.8. The summed E-state index contributed by atoms with van der Waals surface area (Å²) >= 11 is 0. The molecule has 0 heterocycles. The number of allylic oxidation sites excluding steroid dienone is 24. The van der Waals surface area contributed by atoms with Gasteiger partial charge in [0.05, 0.1) is 27.7 Å². The van der Waals surface area contributed by atoms with Gasteiger partial charge in [0.1, 0.15) is 19.8 Å². The number of nitrogens with zero attached hydrogens (tertiary/aromatic N) is 1. The molecule has 0 amide bonds. The molecular formula is C94H164NO8P. The van der Waals surface area contributed by atoms with Crippen LogP contribution in [-0.2, 0) is 32.7 Å². The molecule has 598 valence electrons. The van der Waals surface area contributed by atoms with Crippen molar-refractivity contribution in [3.8, 4) is 0 Å². The number of ether oxygens (including phenoxy) is 2. The Labute approximate surface area is 643 Å². The number of rotatable bonds is 80. The minimum absolute atomic E-state index is 0.0380. The molecule has 0 aromatic heterocycles. The van der Waals surface area contributed by atoms with E-state index < -0.39 is 26.5 Å². The molecule has 0 aliphatic carbocycles. The fourth-order valence-electron chi connectivity index (χ4n) is 12.3. The van der Waals surface area contributed by atoms with Gasteiger partial charge in [0.25, 0.3) is 7.82 Å². The van der Waals surface area contributed by atoms with Crippen molar-refractivity contribution in [2.75, 3.05) is 47.5 Å². The van der Waals surface area contributed by atoms with Crippen molar-refractivity contribution >= 4 is 19.8 Å². The number of hydrogen-bond donors (Lipinski definition) is 0. The summed E-state index contributed by atoms with van der Waals surface area (Å²) < 4.78 is 34.4. The number of phosphoric acid groups is 1. The lowest BCUT2D eigenvalue weighted by molar-refractivity contribution is -0.870. The lowest BCUT2D eigenvalue weighted by Gasteiger charge is -2.28. The predicted molar refractivity (Wildman–Crippen MR) is 452 cm³/mol. The van der Waals surface area contributed by atoms with Crippen LogP contribution in [0.5, 0.6) is 0 Å². The highest BCUT2D eigenvalue weighted by atomic mass is 31.2. The van der Waals surface area contributed by atoms with Crippen LogP contribution in [0.25, 0.3) is 0 Å². The second-order valence-electron chi connectivity index (χ2n) is 30.2. The minimum atomic E-state index is -4.66. The average Bonchev–Trinajstić information content (AvgIpc) is 0.920. The smallest absolute Gasteiger partial charge is 0.306 e. The number of carbonyl (C=O) groups is 2. The number of likely N-dealkylation sites (N-methyl/N-ethyl adjacent to an activating group) is 1. The van der Waals surface area contributed by atoms with Crippen LogP contribution in [0.2, 0.25) is 0 Å². The van der Waals surface area contributed by atoms with Gasteiger partial charge >= 0.3 is 11.9 Å². The van der Waals surface area contributed by atoms with Crippen LogP contribution in [0.4, 0.5) is 0 Å². The van der Waals surface area contributed by atoms with Crippen molar-refractivity contribution in [3.63, 3.8) is 0 Å². The van der Waals surface area contributed by atoms with E-state index in [0.29, 0.717) is 17.4 Å². The zero-order valence-electron chi connectivity index (χ0n) is 68.4. The Bertz CT molecular complexity index is 2280. The largest absolute Gasteiger partial charge is 0.756 e. The van der Waals surface area contributed by atoms with Gasteiger partial charge in [0.15, 0.2) is 6.10 Å². The van der Waals surface area contributed by atoms with E-state index in [-0.39, 0.29) is 32.0 Å². The normalized spacial score (nSPS) is 13.7. The highest BCUT2D eigenvalue weighted by Crippen LogP contribution is 2.38. The summed E-state index contributed by atoms with van der Waals surface area (Å²) in [6, 6.07) is 0. The van der Waals surface area contributed by atoms with Crippen LogP contribution < -0.4 is 4.89 Å². The van der Waals surface area contributed by atoms with E-state index in [1.54, 1.807) is 0 Å². The maximum Gasteiger partial charge on any atom is 0.306 e. The average molecular weight is 1470 g/mol. The molecule has 0 aliphatic heterocycles. The molecule has 0 aromatic carbocycles. The topological polar surface area (TPSA) is 111 Å². The molecule has 0 aliphatic rings. The fourth-order valence-corrected chi connectivity index (χ4v) is 13.0. The Hall–Kier alpha value is -4.11. The molecule has 2 atom stereocenters. The van der Waals surface area contributed by atoms with Crippen molar-refractivity contribution in [2.24, 2.45) is 0 Å². The molecule has 2 unspecified atom stereocenters. The van der Waals surface area contributed by atoms with E-state index in [2.05, 4.69) is 160 Å². The number of unbranched alkanes of at least 4 members (excludes halogenated alkanes) is 42. The Balaban J connectivity index is 3.99. The predicted octanol–water partition coefficient (Wildman–Crippen LogP) is 29.0. The van der Waals surface area contributed by atoms with E-state index in [1.165, 1.54) is 231 Å². The van der Waals surface area contributed by atoms with Crippen LogP contribution in [0.15, 0.2) is 146 Å². The highest BCUT2D eigenvalue weighted by molar-refractivity contribution is 7.45. The van der Waals surface area contributed by atoms with Crippen molar-refractivity contribution in [2.45, 2.75) is 392 Å². The van der Waals surface area contributed by atoms with Crippen LogP contribution >= 0.6 is 7.82 Å². The van der Waals surface area contributed by atoms with E-state index >= 15 is 0 Å². The lowest BCUT2D eigenvalue weighted by Crippen LogP contribution is -2.37. The summed E-state index contributed by atoms with van der Waals surface area (Å²) in [5, 5.41) is 0. The molecule has 0 fully saturated rings. The van der Waals surface area contributed by atoms with Crippen LogP contribution in [0.1, 0.15) is 386 Å².